The number of carbonyl (C=O) groups excluding carboxylic acids is 3. The highest BCUT2D eigenvalue weighted by Crippen LogP contribution is 2.33. The summed E-state index contributed by atoms with van der Waals surface area (Å²) in [5.74, 6) is -0.681. The molecule has 1 aromatic heterocycles. The van der Waals surface area contributed by atoms with E-state index in [1.165, 1.54) is 0 Å². The van der Waals surface area contributed by atoms with Crippen LogP contribution in [0, 0.1) is 6.92 Å². The molecule has 4 nitrogen and oxygen atoms in total. The van der Waals surface area contributed by atoms with E-state index in [9.17, 15) is 14.4 Å². The third-order valence-electron chi connectivity index (χ3n) is 3.38. The van der Waals surface area contributed by atoms with Crippen molar-refractivity contribution >= 4 is 62.0 Å². The molecule has 0 aliphatic carbocycles. The largest absolute Gasteiger partial charge is 0.293 e. The molecule has 24 heavy (non-hydrogen) atoms. The number of thioether (sulfide) groups is 1. The number of thiophene rings is 1. The molecule has 0 radical (unpaired) electrons. The third kappa shape index (κ3) is 3.68. The van der Waals surface area contributed by atoms with E-state index in [0.717, 1.165) is 30.9 Å². The summed E-state index contributed by atoms with van der Waals surface area (Å²) < 4.78 is 0.861. The normalized spacial score (nSPS) is 16.2. The van der Waals surface area contributed by atoms with Gasteiger partial charge in [0.2, 0.25) is 0 Å². The third-order valence-corrected chi connectivity index (χ3v) is 5.76. The minimum Gasteiger partial charge on any atom is -0.292 e. The van der Waals surface area contributed by atoms with Crippen molar-refractivity contribution in [2.24, 2.45) is 0 Å². The lowest BCUT2D eigenvalue weighted by atomic mass is 10.1. The highest BCUT2D eigenvalue weighted by atomic mass is 79.9. The Hall–Kier alpha value is -1.70. The fraction of sp³-hybridized carbons (Fsp3) is 0.118. The number of ketones is 1. The molecule has 7 heteroatoms. The Balaban J connectivity index is 1.76. The van der Waals surface area contributed by atoms with Gasteiger partial charge in [-0.3, -0.25) is 19.3 Å². The molecule has 2 heterocycles. The number of Topliss-reactive ketones (excluding diaryl/α,β-unsaturated/α-hetero) is 1. The summed E-state index contributed by atoms with van der Waals surface area (Å²) in [6.07, 6.45) is 1.70. The van der Waals surface area contributed by atoms with Crippen molar-refractivity contribution < 1.29 is 14.4 Å². The molecule has 0 spiro atoms. The Bertz CT molecular complexity index is 855. The van der Waals surface area contributed by atoms with Crippen LogP contribution in [0.5, 0.6) is 0 Å². The molecule has 1 saturated heterocycles. The van der Waals surface area contributed by atoms with E-state index < -0.39 is 11.1 Å². The highest BCUT2D eigenvalue weighted by Gasteiger charge is 2.36. The molecular weight excluding hydrogens is 410 g/mol. The summed E-state index contributed by atoms with van der Waals surface area (Å²) in [5.41, 5.74) is 0.468. The lowest BCUT2D eigenvalue weighted by molar-refractivity contribution is -0.122. The Kier molecular flexibility index (Phi) is 5.03. The molecule has 122 valence electrons. The summed E-state index contributed by atoms with van der Waals surface area (Å²) in [7, 11) is 0. The van der Waals surface area contributed by atoms with Crippen molar-refractivity contribution in [3.63, 3.8) is 0 Å². The van der Waals surface area contributed by atoms with E-state index in [4.69, 9.17) is 0 Å². The van der Waals surface area contributed by atoms with Crippen molar-refractivity contribution in [2.75, 3.05) is 6.54 Å². The average molecular weight is 422 g/mol. The minimum atomic E-state index is -0.415. The Labute approximate surface area is 155 Å². The molecule has 0 saturated carbocycles. The molecule has 1 aliphatic heterocycles. The standard InChI is InChI=1S/C17H12BrNO3S2/c1-10-2-7-13(23-10)8-15-16(21)19(17(22)24-15)9-14(20)11-3-5-12(18)6-4-11/h2-8H,9H2,1H3/b15-8+. The molecule has 0 bridgehead atoms. The van der Waals surface area contributed by atoms with Crippen molar-refractivity contribution in [1.29, 1.82) is 0 Å². The zero-order chi connectivity index (χ0) is 17.3. The number of amides is 2. The number of nitrogens with zero attached hydrogens (tertiary/aromatic N) is 1. The number of aryl methyl sites for hydroxylation is 1. The second-order valence-electron chi connectivity index (χ2n) is 5.15. The number of halogens is 1. The number of hydrogen-bond acceptors (Lipinski definition) is 5. The van der Waals surface area contributed by atoms with Gasteiger partial charge in [0.15, 0.2) is 5.78 Å². The van der Waals surface area contributed by atoms with Gasteiger partial charge in [-0.15, -0.1) is 11.3 Å². The second-order valence-corrected chi connectivity index (χ2v) is 8.37. The number of hydrogen-bond donors (Lipinski definition) is 0. The summed E-state index contributed by atoms with van der Waals surface area (Å²) >= 11 is 5.72. The van der Waals surface area contributed by atoms with Crippen LogP contribution in [0.4, 0.5) is 4.79 Å². The fourth-order valence-corrected chi connectivity index (χ4v) is 4.16. The number of carbonyl (C=O) groups is 3. The molecule has 0 N–H and O–H groups in total. The van der Waals surface area contributed by atoms with Crippen LogP contribution in [-0.2, 0) is 4.79 Å². The first-order valence-corrected chi connectivity index (χ1v) is 9.47. The predicted octanol–water partition coefficient (Wildman–Crippen LogP) is 4.74. The first-order valence-electron chi connectivity index (χ1n) is 7.04. The molecule has 1 fully saturated rings. The van der Waals surface area contributed by atoms with Gasteiger partial charge in [0, 0.05) is 19.8 Å². The molecule has 2 amide bonds. The summed E-state index contributed by atoms with van der Waals surface area (Å²) in [5, 5.41) is -0.412. The lowest BCUT2D eigenvalue weighted by Crippen LogP contribution is -2.33. The van der Waals surface area contributed by atoms with Gasteiger partial charge in [0.1, 0.15) is 0 Å². The van der Waals surface area contributed by atoms with Crippen LogP contribution in [0.3, 0.4) is 0 Å². The summed E-state index contributed by atoms with van der Waals surface area (Å²) in [6, 6.07) is 10.7. The molecule has 0 unspecified atom stereocenters. The van der Waals surface area contributed by atoms with Crippen LogP contribution in [0.2, 0.25) is 0 Å². The van der Waals surface area contributed by atoms with Crippen molar-refractivity contribution in [1.82, 2.24) is 4.90 Å². The Morgan fingerprint density at radius 1 is 1.17 bits per heavy atom. The maximum Gasteiger partial charge on any atom is 0.293 e. The van der Waals surface area contributed by atoms with Gasteiger partial charge in [0.25, 0.3) is 11.1 Å². The van der Waals surface area contributed by atoms with Gasteiger partial charge in [-0.1, -0.05) is 28.1 Å². The maximum absolute atomic E-state index is 12.4. The SMILES string of the molecule is Cc1ccc(/C=C2/SC(=O)N(CC(=O)c3ccc(Br)cc3)C2=O)s1. The lowest BCUT2D eigenvalue weighted by Gasteiger charge is -2.11. The first kappa shape index (κ1) is 17.1. The number of imide groups is 1. The number of rotatable bonds is 4. The van der Waals surface area contributed by atoms with Crippen molar-refractivity contribution in [3.8, 4) is 0 Å². The van der Waals surface area contributed by atoms with Crippen molar-refractivity contribution in [3.05, 3.63) is 61.1 Å². The number of benzene rings is 1. The maximum atomic E-state index is 12.4. The van der Waals surface area contributed by atoms with Crippen LogP contribution in [0.1, 0.15) is 20.1 Å². The smallest absolute Gasteiger partial charge is 0.292 e. The van der Waals surface area contributed by atoms with Crippen LogP contribution in [0.15, 0.2) is 45.8 Å². The Morgan fingerprint density at radius 3 is 2.50 bits per heavy atom. The topological polar surface area (TPSA) is 54.5 Å². The molecule has 1 aromatic carbocycles. The van der Waals surface area contributed by atoms with Crippen LogP contribution in [-0.4, -0.2) is 28.4 Å². The fourth-order valence-electron chi connectivity index (χ4n) is 2.17. The summed E-state index contributed by atoms with van der Waals surface area (Å²) in [6.45, 7) is 1.73. The summed E-state index contributed by atoms with van der Waals surface area (Å²) in [4.78, 5) is 40.2. The van der Waals surface area contributed by atoms with Crippen LogP contribution < -0.4 is 0 Å². The second kappa shape index (κ2) is 7.04. The Morgan fingerprint density at radius 2 is 1.88 bits per heavy atom. The van der Waals surface area contributed by atoms with Crippen LogP contribution in [0.25, 0.3) is 6.08 Å². The van der Waals surface area contributed by atoms with Crippen molar-refractivity contribution in [2.45, 2.75) is 6.92 Å². The average Bonchev–Trinajstić information content (AvgIpc) is 3.06. The van der Waals surface area contributed by atoms with Gasteiger partial charge in [-0.05, 0) is 49.0 Å². The van der Waals surface area contributed by atoms with E-state index in [1.54, 1.807) is 41.7 Å². The van der Waals surface area contributed by atoms with Gasteiger partial charge < -0.3 is 0 Å². The van der Waals surface area contributed by atoms with Gasteiger partial charge in [-0.2, -0.15) is 0 Å². The van der Waals surface area contributed by atoms with Gasteiger partial charge >= 0.3 is 0 Å². The molecule has 3 rings (SSSR count). The predicted molar refractivity (Wildman–Crippen MR) is 100 cm³/mol. The minimum absolute atomic E-state index is 0.243. The monoisotopic (exact) mass is 421 g/mol. The highest BCUT2D eigenvalue weighted by molar-refractivity contribution is 9.10. The molecule has 2 aromatic rings. The molecule has 1 aliphatic rings. The zero-order valence-corrected chi connectivity index (χ0v) is 15.8. The molecular formula is C17H12BrNO3S2. The van der Waals surface area contributed by atoms with E-state index in [1.807, 2.05) is 19.1 Å². The van der Waals surface area contributed by atoms with E-state index in [2.05, 4.69) is 15.9 Å². The molecule has 0 atom stereocenters. The van der Waals surface area contributed by atoms with Crippen LogP contribution >= 0.6 is 39.0 Å². The van der Waals surface area contributed by atoms with Gasteiger partial charge in [0.05, 0.1) is 11.4 Å². The van der Waals surface area contributed by atoms with Gasteiger partial charge in [-0.25, -0.2) is 0 Å². The van der Waals surface area contributed by atoms with E-state index in [-0.39, 0.29) is 12.3 Å². The van der Waals surface area contributed by atoms with E-state index >= 15 is 0 Å². The van der Waals surface area contributed by atoms with E-state index in [0.29, 0.717) is 10.5 Å². The zero-order valence-electron chi connectivity index (χ0n) is 12.6. The quantitative estimate of drug-likeness (QED) is 0.528. The first-order chi connectivity index (χ1) is 11.4.